The highest BCUT2D eigenvalue weighted by molar-refractivity contribution is 5.82. The monoisotopic (exact) mass is 497 g/mol. The van der Waals surface area contributed by atoms with Gasteiger partial charge in [-0.25, -0.2) is 9.97 Å². The first-order valence-corrected chi connectivity index (χ1v) is 10.6. The second kappa shape index (κ2) is 9.38. The number of carbonyl (C=O) groups excluding carboxylic acids is 1. The maximum Gasteiger partial charge on any atom is 0.435 e. The molecule has 0 saturated carbocycles. The van der Waals surface area contributed by atoms with Gasteiger partial charge < -0.3 is 16.2 Å². The van der Waals surface area contributed by atoms with Gasteiger partial charge in [-0.3, -0.25) is 14.2 Å². The van der Waals surface area contributed by atoms with Crippen LogP contribution in [0, 0.1) is 0 Å². The Hall–Kier alpha value is -3.32. The van der Waals surface area contributed by atoms with Gasteiger partial charge in [0.05, 0.1) is 30.0 Å². The number of nitrogens with one attached hydrogen (secondary N) is 1. The Kier molecular flexibility index (Phi) is 5.94. The topological polar surface area (TPSA) is 137 Å². The molecule has 0 aliphatic rings. The molecule has 1 amide bonds. The van der Waals surface area contributed by atoms with Crippen LogP contribution in [0.4, 0.5) is 13.2 Å². The third-order valence-corrected chi connectivity index (χ3v) is 5.00. The number of alkyl halides is 3. The van der Waals surface area contributed by atoms with Gasteiger partial charge in [0.2, 0.25) is 5.91 Å². The molecule has 4 N–H and O–H groups in total. The number of hydrogen-bond donors (Lipinski definition) is 3. The summed E-state index contributed by atoms with van der Waals surface area (Å²) in [5, 5.41) is 20.2. The number of nitrogens with two attached hydrogens (primary N) is 1. The number of hydrogen-bond acceptors (Lipinski definition) is 7. The predicted molar refractivity (Wildman–Crippen MR) is 121 cm³/mol. The molecule has 0 aromatic carbocycles. The van der Waals surface area contributed by atoms with Crippen LogP contribution < -0.4 is 11.1 Å². The zero-order valence-electron chi connectivity index (χ0n) is 22.6. The molecule has 0 fully saturated rings. The molecule has 3 aromatic rings. The fraction of sp³-hybridized carbons (Fsp3) is 0.500. The van der Waals surface area contributed by atoms with E-state index in [9.17, 15) is 23.1 Å². The zero-order valence-corrected chi connectivity index (χ0v) is 19.6. The fourth-order valence-electron chi connectivity index (χ4n) is 3.34. The summed E-state index contributed by atoms with van der Waals surface area (Å²) < 4.78 is 64.4. The van der Waals surface area contributed by atoms with Crippen LogP contribution in [0.1, 0.15) is 48.9 Å². The quantitative estimate of drug-likeness (QED) is 0.432. The third kappa shape index (κ3) is 6.63. The van der Waals surface area contributed by atoms with Crippen molar-refractivity contribution < 1.29 is 27.2 Å². The van der Waals surface area contributed by atoms with Crippen molar-refractivity contribution in [1.82, 2.24) is 34.8 Å². The van der Waals surface area contributed by atoms with Gasteiger partial charge in [0.25, 0.3) is 0 Å². The van der Waals surface area contributed by atoms with Gasteiger partial charge in [0.1, 0.15) is 5.60 Å². The van der Waals surface area contributed by atoms with Gasteiger partial charge >= 0.3 is 6.18 Å². The van der Waals surface area contributed by atoms with Crippen LogP contribution in [0.15, 0.2) is 30.9 Å². The van der Waals surface area contributed by atoms with Crippen LogP contribution in [0.3, 0.4) is 0 Å². The molecule has 3 aromatic heterocycles. The van der Waals surface area contributed by atoms with E-state index >= 15 is 0 Å². The van der Waals surface area contributed by atoms with Gasteiger partial charge in [-0.15, -0.1) is 0 Å². The lowest BCUT2D eigenvalue weighted by molar-refractivity contribution is -0.141. The minimum absolute atomic E-state index is 0.00583. The molecule has 10 nitrogen and oxygen atoms in total. The van der Waals surface area contributed by atoms with Crippen molar-refractivity contribution in [1.29, 1.82) is 0 Å². The highest BCUT2D eigenvalue weighted by atomic mass is 19.4. The highest BCUT2D eigenvalue weighted by Crippen LogP contribution is 2.32. The lowest BCUT2D eigenvalue weighted by Crippen LogP contribution is -2.53. The normalized spacial score (nSPS) is 15.3. The van der Waals surface area contributed by atoms with Gasteiger partial charge in [-0.05, 0) is 45.7 Å². The molecular weight excluding hydrogens is 465 g/mol. The van der Waals surface area contributed by atoms with E-state index in [1.807, 2.05) is 0 Å². The molecule has 35 heavy (non-hydrogen) atoms. The zero-order chi connectivity index (χ0) is 28.7. The molecule has 190 valence electrons. The number of carbonyl (C=O) groups is 1. The van der Waals surface area contributed by atoms with Crippen LogP contribution in [-0.4, -0.2) is 52.1 Å². The molecule has 0 unspecified atom stereocenters. The first kappa shape index (κ1) is 22.2. The molecule has 0 aliphatic carbocycles. The molecule has 13 heteroatoms. The van der Waals surface area contributed by atoms with Crippen LogP contribution in [0.2, 0.25) is 0 Å². The average Bonchev–Trinajstić information content (AvgIpc) is 3.39. The average molecular weight is 498 g/mol. The van der Waals surface area contributed by atoms with Crippen LogP contribution in [0.5, 0.6) is 0 Å². The van der Waals surface area contributed by atoms with E-state index < -0.39 is 41.9 Å². The first-order valence-electron chi connectivity index (χ1n) is 12.1. The van der Waals surface area contributed by atoms with Crippen LogP contribution in [-0.2, 0) is 36.5 Å². The number of aryl methyl sites for hydroxylation is 1. The van der Waals surface area contributed by atoms with Crippen LogP contribution >= 0.6 is 0 Å². The van der Waals surface area contributed by atoms with E-state index in [0.717, 1.165) is 15.4 Å². The van der Waals surface area contributed by atoms with E-state index in [2.05, 4.69) is 25.5 Å². The Morgan fingerprint density at radius 3 is 2.43 bits per heavy atom. The minimum Gasteiger partial charge on any atom is -0.382 e. The summed E-state index contributed by atoms with van der Waals surface area (Å²) >= 11 is 0. The Morgan fingerprint density at radius 2 is 1.89 bits per heavy atom. The number of amides is 1. The van der Waals surface area contributed by atoms with Gasteiger partial charge in [-0.1, -0.05) is 0 Å². The number of rotatable bonds is 8. The second-order valence-corrected chi connectivity index (χ2v) is 9.40. The summed E-state index contributed by atoms with van der Waals surface area (Å²) in [5.74, 6) is -0.506. The summed E-state index contributed by atoms with van der Waals surface area (Å²) in [6.07, 6.45) is 0.413. The molecular formula is C22H29F3N8O2. The van der Waals surface area contributed by atoms with Crippen molar-refractivity contribution in [3.8, 4) is 11.3 Å². The van der Waals surface area contributed by atoms with Crippen molar-refractivity contribution in [3.05, 3.63) is 47.9 Å². The van der Waals surface area contributed by atoms with Crippen molar-refractivity contribution in [3.63, 3.8) is 0 Å². The van der Waals surface area contributed by atoms with Crippen molar-refractivity contribution in [2.24, 2.45) is 12.7 Å². The molecule has 0 saturated heterocycles. The smallest absolute Gasteiger partial charge is 0.382 e. The second-order valence-electron chi connectivity index (χ2n) is 9.40. The number of aliphatic hydroxyl groups is 1. The predicted octanol–water partition coefficient (Wildman–Crippen LogP) is 1.78. The van der Waals surface area contributed by atoms with E-state index in [-0.39, 0.29) is 30.0 Å². The first-order chi connectivity index (χ1) is 17.3. The van der Waals surface area contributed by atoms with Gasteiger partial charge in [0.15, 0.2) is 11.5 Å². The maximum atomic E-state index is 13.5. The van der Waals surface area contributed by atoms with Crippen LogP contribution in [0.25, 0.3) is 11.3 Å². The minimum atomic E-state index is -4.72. The fourth-order valence-corrected chi connectivity index (χ4v) is 3.34. The Bertz CT molecular complexity index is 1280. The van der Waals surface area contributed by atoms with Gasteiger partial charge in [-0.2, -0.15) is 23.4 Å². The third-order valence-electron chi connectivity index (χ3n) is 5.00. The summed E-state index contributed by atoms with van der Waals surface area (Å²) in [6.45, 7) is 3.50. The summed E-state index contributed by atoms with van der Waals surface area (Å²) in [6, 6.07) is -0.219. The Balaban J connectivity index is 1.80. The molecule has 0 radical (unpaired) electrons. The molecule has 3 heterocycles. The largest absolute Gasteiger partial charge is 0.435 e. The van der Waals surface area contributed by atoms with E-state index in [4.69, 9.17) is 9.85 Å². The standard InChI is InChI=1S/C22H29F3N8O2/c1-20(2,30-18(34)15(26)6-13-8-29-32(5)11-13)12-33-16(7-17(31-33)22(23,24)25)14-9-27-19(28-10-14)21(3,4)35/h7-11,15,35H,6,12,26H2,1-5H3,(H,30,34)/t15-/m1/s1/i5D3. The highest BCUT2D eigenvalue weighted by Gasteiger charge is 2.36. The lowest BCUT2D eigenvalue weighted by atomic mass is 10.0. The number of aromatic nitrogens is 6. The van der Waals surface area contributed by atoms with Gasteiger partial charge in [0, 0.05) is 35.2 Å². The van der Waals surface area contributed by atoms with E-state index in [1.54, 1.807) is 13.8 Å². The molecule has 3 rings (SSSR count). The SMILES string of the molecule is [2H]C([2H])([2H])n1cc(C[C@@H](N)C(=O)NC(C)(C)Cn2nc(C(F)(F)F)cc2-c2cnc(C(C)(C)O)nc2)cn1. The van der Waals surface area contributed by atoms with E-state index in [0.29, 0.717) is 5.56 Å². The Morgan fingerprint density at radius 1 is 1.23 bits per heavy atom. The molecule has 0 aliphatic heterocycles. The van der Waals surface area contributed by atoms with Crippen molar-refractivity contribution in [2.75, 3.05) is 0 Å². The molecule has 0 spiro atoms. The Labute approximate surface area is 204 Å². The molecule has 0 bridgehead atoms. The van der Waals surface area contributed by atoms with Crippen molar-refractivity contribution in [2.45, 2.75) is 64.0 Å². The van der Waals surface area contributed by atoms with Crippen molar-refractivity contribution >= 4 is 5.91 Å². The maximum absolute atomic E-state index is 13.5. The summed E-state index contributed by atoms with van der Waals surface area (Å²) in [7, 11) is 0. The number of nitrogens with zero attached hydrogens (tertiary/aromatic N) is 6. The summed E-state index contributed by atoms with van der Waals surface area (Å²) in [5.41, 5.74) is 3.14. The van der Waals surface area contributed by atoms with E-state index in [1.165, 1.54) is 38.6 Å². The summed E-state index contributed by atoms with van der Waals surface area (Å²) in [4.78, 5) is 20.9. The molecule has 1 atom stereocenters. The number of halogens is 3. The lowest BCUT2D eigenvalue weighted by Gasteiger charge is -2.28.